The first kappa shape index (κ1) is 7.25. The van der Waals surface area contributed by atoms with Gasteiger partial charge in [0.05, 0.1) is 17.3 Å². The molecule has 0 N–H and O–H groups in total. The van der Waals surface area contributed by atoms with Gasteiger partial charge in [-0.1, -0.05) is 0 Å². The molecule has 0 amide bonds. The number of nitrogens with zero attached hydrogens (tertiary/aromatic N) is 1. The van der Waals surface area contributed by atoms with Crippen molar-refractivity contribution in [2.45, 2.75) is 26.4 Å². The van der Waals surface area contributed by atoms with E-state index in [1.54, 1.807) is 11.3 Å². The van der Waals surface area contributed by atoms with Crippen molar-refractivity contribution < 1.29 is 4.74 Å². The van der Waals surface area contributed by atoms with Crippen LogP contribution in [0.1, 0.15) is 22.5 Å². The lowest BCUT2D eigenvalue weighted by atomic mass is 10.1. The smallest absolute Gasteiger partial charge is 0.132 e. The van der Waals surface area contributed by atoms with Crippen LogP contribution in [0.25, 0.3) is 0 Å². The van der Waals surface area contributed by atoms with E-state index in [0.29, 0.717) is 0 Å². The minimum absolute atomic E-state index is 0.0468. The van der Waals surface area contributed by atoms with Crippen LogP contribution in [-0.2, 0) is 10.3 Å². The molecule has 2 heterocycles. The number of aromatic nitrogens is 1. The summed E-state index contributed by atoms with van der Waals surface area (Å²) in [6, 6.07) is 0. The van der Waals surface area contributed by atoms with Crippen molar-refractivity contribution in [1.82, 2.24) is 4.98 Å². The number of epoxide rings is 1. The monoisotopic (exact) mass is 169 g/mol. The average Bonchev–Trinajstić information content (AvgIpc) is 2.55. The summed E-state index contributed by atoms with van der Waals surface area (Å²) in [5.41, 5.74) is 1.09. The highest BCUT2D eigenvalue weighted by Crippen LogP contribution is 2.40. The maximum atomic E-state index is 5.32. The third kappa shape index (κ3) is 1.08. The fourth-order valence-corrected chi connectivity index (χ4v) is 2.20. The van der Waals surface area contributed by atoms with Crippen LogP contribution in [0.4, 0.5) is 0 Å². The van der Waals surface area contributed by atoms with Gasteiger partial charge in [-0.15, -0.1) is 11.3 Å². The van der Waals surface area contributed by atoms with Gasteiger partial charge in [0, 0.05) is 4.88 Å². The lowest BCUT2D eigenvalue weighted by molar-refractivity contribution is 0.323. The molecule has 60 valence electrons. The average molecular weight is 169 g/mol. The molecule has 2 nitrogen and oxygen atoms in total. The maximum Gasteiger partial charge on any atom is 0.132 e. The quantitative estimate of drug-likeness (QED) is 0.601. The summed E-state index contributed by atoms with van der Waals surface area (Å²) in [7, 11) is 0. The number of hydrogen-bond donors (Lipinski definition) is 0. The van der Waals surface area contributed by atoms with Crippen LogP contribution in [-0.4, -0.2) is 11.6 Å². The Morgan fingerprint density at radius 3 is 2.55 bits per heavy atom. The van der Waals surface area contributed by atoms with Gasteiger partial charge in [-0.3, -0.25) is 0 Å². The molecule has 2 rings (SSSR count). The molecule has 1 aliphatic rings. The Morgan fingerprint density at radius 2 is 2.18 bits per heavy atom. The van der Waals surface area contributed by atoms with E-state index in [1.165, 1.54) is 4.88 Å². The van der Waals surface area contributed by atoms with Crippen molar-refractivity contribution in [2.75, 3.05) is 6.61 Å². The second-order valence-corrected chi connectivity index (χ2v) is 4.56. The fourth-order valence-electron chi connectivity index (χ4n) is 1.26. The molecule has 0 spiro atoms. The van der Waals surface area contributed by atoms with Crippen molar-refractivity contribution >= 4 is 11.3 Å². The summed E-state index contributed by atoms with van der Waals surface area (Å²) >= 11 is 1.74. The van der Waals surface area contributed by atoms with Gasteiger partial charge in [0.15, 0.2) is 0 Å². The molecule has 0 radical (unpaired) electrons. The van der Waals surface area contributed by atoms with Gasteiger partial charge < -0.3 is 4.74 Å². The highest BCUT2D eigenvalue weighted by Gasteiger charge is 2.44. The molecule has 1 aromatic heterocycles. The number of aryl methyl sites for hydroxylation is 2. The van der Waals surface area contributed by atoms with Crippen LogP contribution < -0.4 is 0 Å². The molecule has 0 saturated carbocycles. The Balaban J connectivity index is 2.44. The molecular formula is C8H11NOS. The van der Waals surface area contributed by atoms with Gasteiger partial charge in [-0.05, 0) is 20.8 Å². The highest BCUT2D eigenvalue weighted by molar-refractivity contribution is 7.11. The first-order valence-electron chi connectivity index (χ1n) is 3.70. The van der Waals surface area contributed by atoms with Crippen LogP contribution in [0.15, 0.2) is 0 Å². The van der Waals surface area contributed by atoms with Crippen LogP contribution >= 0.6 is 11.3 Å². The van der Waals surface area contributed by atoms with Crippen molar-refractivity contribution in [3.8, 4) is 0 Å². The zero-order valence-corrected chi connectivity index (χ0v) is 7.79. The summed E-state index contributed by atoms with van der Waals surface area (Å²) < 4.78 is 5.32. The van der Waals surface area contributed by atoms with E-state index in [-0.39, 0.29) is 5.60 Å². The normalized spacial score (nSPS) is 29.0. The molecule has 1 aliphatic heterocycles. The van der Waals surface area contributed by atoms with Crippen LogP contribution in [0.3, 0.4) is 0 Å². The van der Waals surface area contributed by atoms with E-state index in [0.717, 1.165) is 17.3 Å². The number of thiazole rings is 1. The molecule has 3 heteroatoms. The van der Waals surface area contributed by atoms with E-state index in [9.17, 15) is 0 Å². The molecule has 1 aromatic rings. The molecule has 0 aliphatic carbocycles. The Hall–Kier alpha value is -0.410. The van der Waals surface area contributed by atoms with Crippen molar-refractivity contribution in [3.05, 3.63) is 15.6 Å². The van der Waals surface area contributed by atoms with E-state index in [1.807, 2.05) is 6.92 Å². The van der Waals surface area contributed by atoms with E-state index in [2.05, 4.69) is 18.8 Å². The third-order valence-corrected chi connectivity index (χ3v) is 2.87. The van der Waals surface area contributed by atoms with Gasteiger partial charge >= 0.3 is 0 Å². The van der Waals surface area contributed by atoms with Gasteiger partial charge in [0.2, 0.25) is 0 Å². The molecule has 1 fully saturated rings. The summed E-state index contributed by atoms with van der Waals surface area (Å²) in [6.07, 6.45) is 0. The SMILES string of the molecule is Cc1nc(C2(C)CO2)c(C)s1. The van der Waals surface area contributed by atoms with Crippen molar-refractivity contribution in [2.24, 2.45) is 0 Å². The van der Waals surface area contributed by atoms with Gasteiger partial charge in [-0.25, -0.2) is 4.98 Å². The lowest BCUT2D eigenvalue weighted by Gasteiger charge is -1.99. The predicted molar refractivity (Wildman–Crippen MR) is 44.9 cm³/mol. The van der Waals surface area contributed by atoms with E-state index in [4.69, 9.17) is 4.74 Å². The van der Waals surface area contributed by atoms with Crippen LogP contribution in [0.5, 0.6) is 0 Å². The Labute approximate surface area is 70.2 Å². The van der Waals surface area contributed by atoms with Gasteiger partial charge in [-0.2, -0.15) is 0 Å². The first-order chi connectivity index (χ1) is 5.12. The molecule has 1 atom stereocenters. The standard InChI is InChI=1S/C8H11NOS/c1-5-7(8(3)4-10-8)9-6(2)11-5/h4H2,1-3H3. The van der Waals surface area contributed by atoms with Crippen molar-refractivity contribution in [1.29, 1.82) is 0 Å². The Bertz CT molecular complexity index is 288. The largest absolute Gasteiger partial charge is 0.363 e. The molecule has 11 heavy (non-hydrogen) atoms. The second kappa shape index (κ2) is 2.05. The molecule has 0 bridgehead atoms. The predicted octanol–water partition coefficient (Wildman–Crippen LogP) is 2.01. The van der Waals surface area contributed by atoms with Gasteiger partial charge in [0.25, 0.3) is 0 Å². The lowest BCUT2D eigenvalue weighted by Crippen LogP contribution is -2.04. The van der Waals surface area contributed by atoms with Crippen molar-refractivity contribution in [3.63, 3.8) is 0 Å². The van der Waals surface area contributed by atoms with E-state index < -0.39 is 0 Å². The highest BCUT2D eigenvalue weighted by atomic mass is 32.1. The number of rotatable bonds is 1. The van der Waals surface area contributed by atoms with Gasteiger partial charge in [0.1, 0.15) is 5.60 Å². The number of ether oxygens (including phenoxy) is 1. The van der Waals surface area contributed by atoms with Crippen LogP contribution in [0.2, 0.25) is 0 Å². The zero-order valence-electron chi connectivity index (χ0n) is 6.97. The second-order valence-electron chi connectivity index (χ2n) is 3.16. The summed E-state index contributed by atoms with van der Waals surface area (Å²) in [4.78, 5) is 5.73. The summed E-state index contributed by atoms with van der Waals surface area (Å²) in [5, 5.41) is 1.13. The minimum atomic E-state index is -0.0468. The summed E-state index contributed by atoms with van der Waals surface area (Å²) in [6.45, 7) is 7.06. The molecule has 1 saturated heterocycles. The summed E-state index contributed by atoms with van der Waals surface area (Å²) in [5.74, 6) is 0. The number of hydrogen-bond acceptors (Lipinski definition) is 3. The van der Waals surface area contributed by atoms with E-state index >= 15 is 0 Å². The Morgan fingerprint density at radius 1 is 1.55 bits per heavy atom. The molecule has 1 unspecified atom stereocenters. The zero-order chi connectivity index (χ0) is 8.06. The fraction of sp³-hybridized carbons (Fsp3) is 0.625. The molecular weight excluding hydrogens is 158 g/mol. The molecule has 0 aromatic carbocycles. The first-order valence-corrected chi connectivity index (χ1v) is 4.52. The van der Waals surface area contributed by atoms with Crippen LogP contribution in [0, 0.1) is 13.8 Å². The maximum absolute atomic E-state index is 5.32. The topological polar surface area (TPSA) is 25.4 Å². The minimum Gasteiger partial charge on any atom is -0.363 e. The Kier molecular flexibility index (Phi) is 1.35. The third-order valence-electron chi connectivity index (χ3n) is 1.98.